The maximum absolute atomic E-state index is 5.43. The zero-order valence-electron chi connectivity index (χ0n) is 8.63. The summed E-state index contributed by atoms with van der Waals surface area (Å²) < 4.78 is 0. The first kappa shape index (κ1) is 11.1. The quantitative estimate of drug-likeness (QED) is 0.791. The topological polar surface area (TPSA) is 12.0 Å². The van der Waals surface area contributed by atoms with E-state index in [-0.39, 0.29) is 0 Å². The van der Waals surface area contributed by atoms with Crippen molar-refractivity contribution < 1.29 is 0 Å². The molecule has 1 N–H and O–H groups in total. The van der Waals surface area contributed by atoms with Gasteiger partial charge in [0.2, 0.25) is 0 Å². The standard InChI is InChI=1S/C12H16ClN/c1-10(2)11-5-3-6-12(9-11)14-8-4-7-13/h3-7,9-10,14H,8H2,1-2H3/b7-4+. The highest BCUT2D eigenvalue weighted by molar-refractivity contribution is 6.25. The van der Waals surface area contributed by atoms with Gasteiger partial charge in [-0.15, -0.1) is 0 Å². The monoisotopic (exact) mass is 209 g/mol. The third kappa shape index (κ3) is 3.43. The number of anilines is 1. The van der Waals surface area contributed by atoms with Crippen molar-refractivity contribution in [2.24, 2.45) is 0 Å². The molecule has 1 rings (SSSR count). The molecule has 1 aromatic rings. The number of hydrogen-bond donors (Lipinski definition) is 1. The van der Waals surface area contributed by atoms with Gasteiger partial charge in [0.05, 0.1) is 0 Å². The molecular formula is C12H16ClN. The van der Waals surface area contributed by atoms with E-state index >= 15 is 0 Å². The Bertz CT molecular complexity index is 305. The van der Waals surface area contributed by atoms with E-state index in [9.17, 15) is 0 Å². The summed E-state index contributed by atoms with van der Waals surface area (Å²) in [4.78, 5) is 0. The molecule has 0 amide bonds. The van der Waals surface area contributed by atoms with Crippen molar-refractivity contribution in [1.29, 1.82) is 0 Å². The summed E-state index contributed by atoms with van der Waals surface area (Å²) in [5, 5.41) is 3.27. The molecule has 0 atom stereocenters. The molecule has 0 aliphatic heterocycles. The van der Waals surface area contributed by atoms with Gasteiger partial charge in [-0.25, -0.2) is 0 Å². The highest BCUT2D eigenvalue weighted by Crippen LogP contribution is 2.18. The van der Waals surface area contributed by atoms with Crippen LogP contribution in [0.15, 0.2) is 35.9 Å². The summed E-state index contributed by atoms with van der Waals surface area (Å²) in [5.41, 5.74) is 4.02. The van der Waals surface area contributed by atoms with Gasteiger partial charge in [-0.05, 0) is 23.6 Å². The molecule has 2 heteroatoms. The Hall–Kier alpha value is -0.950. The van der Waals surface area contributed by atoms with Crippen molar-refractivity contribution in [3.05, 3.63) is 41.4 Å². The number of benzene rings is 1. The van der Waals surface area contributed by atoms with Crippen molar-refractivity contribution >= 4 is 17.3 Å². The van der Waals surface area contributed by atoms with Gasteiger partial charge in [0.1, 0.15) is 0 Å². The molecule has 14 heavy (non-hydrogen) atoms. The molecule has 0 fully saturated rings. The van der Waals surface area contributed by atoms with Crippen molar-refractivity contribution in [2.75, 3.05) is 11.9 Å². The predicted molar refractivity (Wildman–Crippen MR) is 64.0 cm³/mol. The first-order valence-electron chi connectivity index (χ1n) is 4.83. The molecule has 0 saturated carbocycles. The lowest BCUT2D eigenvalue weighted by Crippen LogP contribution is -1.98. The Morgan fingerprint density at radius 2 is 2.21 bits per heavy atom. The minimum atomic E-state index is 0.570. The molecule has 0 saturated heterocycles. The number of hydrogen-bond acceptors (Lipinski definition) is 1. The molecule has 76 valence electrons. The van der Waals surface area contributed by atoms with Crippen LogP contribution in [0, 0.1) is 0 Å². The van der Waals surface area contributed by atoms with Crippen LogP contribution in [0.2, 0.25) is 0 Å². The summed E-state index contributed by atoms with van der Waals surface area (Å²) in [7, 11) is 0. The highest BCUT2D eigenvalue weighted by Gasteiger charge is 1.98. The first-order valence-corrected chi connectivity index (χ1v) is 5.26. The van der Waals surface area contributed by atoms with Crippen molar-refractivity contribution in [3.63, 3.8) is 0 Å². The maximum Gasteiger partial charge on any atom is 0.0345 e. The molecule has 0 aliphatic carbocycles. The molecule has 1 aromatic carbocycles. The Balaban J connectivity index is 2.64. The lowest BCUT2D eigenvalue weighted by molar-refractivity contribution is 0.867. The van der Waals surface area contributed by atoms with Crippen LogP contribution in [0.5, 0.6) is 0 Å². The van der Waals surface area contributed by atoms with E-state index in [4.69, 9.17) is 11.6 Å². The molecule has 0 aliphatic rings. The van der Waals surface area contributed by atoms with Crippen molar-refractivity contribution in [3.8, 4) is 0 Å². The van der Waals surface area contributed by atoms with Gasteiger partial charge in [0.15, 0.2) is 0 Å². The fourth-order valence-electron chi connectivity index (χ4n) is 1.23. The van der Waals surface area contributed by atoms with E-state index in [1.807, 2.05) is 6.08 Å². The molecule has 0 spiro atoms. The summed E-state index contributed by atoms with van der Waals surface area (Å²) >= 11 is 5.43. The van der Waals surface area contributed by atoms with Crippen LogP contribution >= 0.6 is 11.6 Å². The first-order chi connectivity index (χ1) is 6.74. The van der Waals surface area contributed by atoms with Crippen LogP contribution in [0.4, 0.5) is 5.69 Å². The summed E-state index contributed by atoms with van der Waals surface area (Å²) in [6, 6.07) is 8.45. The van der Waals surface area contributed by atoms with Crippen molar-refractivity contribution in [2.45, 2.75) is 19.8 Å². The zero-order chi connectivity index (χ0) is 10.4. The van der Waals surface area contributed by atoms with Crippen LogP contribution in [0.3, 0.4) is 0 Å². The minimum absolute atomic E-state index is 0.570. The number of rotatable bonds is 4. The summed E-state index contributed by atoms with van der Waals surface area (Å²) in [5.74, 6) is 0.570. The van der Waals surface area contributed by atoms with Gasteiger partial charge >= 0.3 is 0 Å². The van der Waals surface area contributed by atoms with Crippen LogP contribution < -0.4 is 5.32 Å². The van der Waals surface area contributed by atoms with Crippen LogP contribution in [-0.2, 0) is 0 Å². The van der Waals surface area contributed by atoms with E-state index in [0.717, 1.165) is 12.2 Å². The van der Waals surface area contributed by atoms with Crippen molar-refractivity contribution in [1.82, 2.24) is 0 Å². The third-order valence-corrected chi connectivity index (χ3v) is 2.24. The average Bonchev–Trinajstić information content (AvgIpc) is 2.19. The Morgan fingerprint density at radius 1 is 1.43 bits per heavy atom. The fraction of sp³-hybridized carbons (Fsp3) is 0.333. The minimum Gasteiger partial charge on any atom is -0.382 e. The lowest BCUT2D eigenvalue weighted by atomic mass is 10.0. The fourth-order valence-corrected chi connectivity index (χ4v) is 1.32. The van der Waals surface area contributed by atoms with E-state index in [1.54, 1.807) is 0 Å². The average molecular weight is 210 g/mol. The van der Waals surface area contributed by atoms with E-state index in [2.05, 4.69) is 43.4 Å². The largest absolute Gasteiger partial charge is 0.382 e. The van der Waals surface area contributed by atoms with Gasteiger partial charge in [-0.2, -0.15) is 0 Å². The molecule has 0 aromatic heterocycles. The maximum atomic E-state index is 5.43. The number of halogens is 1. The second-order valence-electron chi connectivity index (χ2n) is 3.52. The third-order valence-electron chi connectivity index (χ3n) is 2.07. The van der Waals surface area contributed by atoms with E-state index in [0.29, 0.717) is 5.92 Å². The Kier molecular flexibility index (Phi) is 4.54. The zero-order valence-corrected chi connectivity index (χ0v) is 9.38. The second-order valence-corrected chi connectivity index (χ2v) is 3.77. The van der Waals surface area contributed by atoms with E-state index < -0.39 is 0 Å². The van der Waals surface area contributed by atoms with Gasteiger partial charge in [0, 0.05) is 17.8 Å². The second kappa shape index (κ2) is 5.71. The van der Waals surface area contributed by atoms with Crippen LogP contribution in [-0.4, -0.2) is 6.54 Å². The normalized spacial score (nSPS) is 11.1. The molecule has 0 unspecified atom stereocenters. The number of nitrogens with one attached hydrogen (secondary N) is 1. The highest BCUT2D eigenvalue weighted by atomic mass is 35.5. The molecule has 0 heterocycles. The molecule has 0 bridgehead atoms. The van der Waals surface area contributed by atoms with Crippen LogP contribution in [0.1, 0.15) is 25.3 Å². The summed E-state index contributed by atoms with van der Waals surface area (Å²) in [6.45, 7) is 5.15. The van der Waals surface area contributed by atoms with Gasteiger partial charge < -0.3 is 5.32 Å². The summed E-state index contributed by atoms with van der Waals surface area (Å²) in [6.07, 6.45) is 1.88. The smallest absolute Gasteiger partial charge is 0.0345 e. The SMILES string of the molecule is CC(C)c1cccc(NC/C=C/Cl)c1. The van der Waals surface area contributed by atoms with Gasteiger partial charge in [0.25, 0.3) is 0 Å². The van der Waals surface area contributed by atoms with Gasteiger partial charge in [-0.3, -0.25) is 0 Å². The van der Waals surface area contributed by atoms with Gasteiger partial charge in [-0.1, -0.05) is 43.7 Å². The predicted octanol–water partition coefficient (Wildman–Crippen LogP) is 3.97. The Labute approximate surface area is 90.8 Å². The Morgan fingerprint density at radius 3 is 2.86 bits per heavy atom. The van der Waals surface area contributed by atoms with E-state index in [1.165, 1.54) is 11.1 Å². The molecular weight excluding hydrogens is 194 g/mol. The molecule has 0 radical (unpaired) electrons. The lowest BCUT2D eigenvalue weighted by Gasteiger charge is -2.08. The van der Waals surface area contributed by atoms with Crippen LogP contribution in [0.25, 0.3) is 0 Å². The molecule has 1 nitrogen and oxygen atoms in total.